The van der Waals surface area contributed by atoms with Crippen LogP contribution in [0.2, 0.25) is 5.02 Å². The number of aromatic nitrogens is 2. The van der Waals surface area contributed by atoms with Gasteiger partial charge in [0.05, 0.1) is 47.4 Å². The van der Waals surface area contributed by atoms with E-state index in [9.17, 15) is 27.2 Å². The molecule has 2 aromatic carbocycles. The van der Waals surface area contributed by atoms with Gasteiger partial charge in [-0.1, -0.05) is 23.7 Å². The largest absolute Gasteiger partial charge is 0.416 e. The third kappa shape index (κ3) is 5.52. The Labute approximate surface area is 229 Å². The highest BCUT2D eigenvalue weighted by molar-refractivity contribution is 8.18. The first-order valence-electron chi connectivity index (χ1n) is 11.9. The van der Waals surface area contributed by atoms with Crippen LogP contribution < -0.4 is 0 Å². The number of nitriles is 1. The average Bonchev–Trinajstić information content (AvgIpc) is 3.39. The predicted octanol–water partition coefficient (Wildman–Crippen LogP) is 5.73. The standard InChI is InChI=1S/C26H20ClF4N5O2S/c27-18-3-2-16(19(11-18)26(29,30)31)13-35-21-4-1-15(9-17(21)12-33-35)10-23-24(37)36(25(38)39-23)22-5-7-34(8-6-32)14-20(22)28/h1-4,9-12,20,22H,5,7-8,13-14H2/b23-10-/t20-,22-/m1/s1. The molecule has 39 heavy (non-hydrogen) atoms. The maximum atomic E-state index is 14.8. The number of imide groups is 1. The lowest BCUT2D eigenvalue weighted by Gasteiger charge is -2.36. The van der Waals surface area contributed by atoms with Gasteiger partial charge in [0.1, 0.15) is 6.17 Å². The molecular formula is C26H20ClF4N5O2S. The van der Waals surface area contributed by atoms with Crippen molar-refractivity contribution in [2.24, 2.45) is 0 Å². The summed E-state index contributed by atoms with van der Waals surface area (Å²) in [6, 6.07) is 9.72. The molecule has 2 atom stereocenters. The molecule has 0 bridgehead atoms. The van der Waals surface area contributed by atoms with Crippen molar-refractivity contribution in [3.8, 4) is 6.07 Å². The summed E-state index contributed by atoms with van der Waals surface area (Å²) in [5.41, 5.74) is 0.333. The maximum absolute atomic E-state index is 14.8. The van der Waals surface area contributed by atoms with Gasteiger partial charge in [0.25, 0.3) is 11.1 Å². The van der Waals surface area contributed by atoms with Crippen LogP contribution >= 0.6 is 23.4 Å². The van der Waals surface area contributed by atoms with Gasteiger partial charge in [0, 0.05) is 23.5 Å². The molecule has 0 radical (unpaired) electrons. The zero-order valence-electron chi connectivity index (χ0n) is 20.2. The number of hydrogen-bond donors (Lipinski definition) is 0. The normalized spacial score (nSPS) is 21.7. The third-order valence-corrected chi connectivity index (χ3v) is 7.82. The number of piperidine rings is 1. The summed E-state index contributed by atoms with van der Waals surface area (Å²) in [6.45, 7) is 0.323. The minimum atomic E-state index is -4.57. The molecule has 5 rings (SSSR count). The van der Waals surface area contributed by atoms with Crippen LogP contribution in [0, 0.1) is 11.3 Å². The van der Waals surface area contributed by atoms with Crippen LogP contribution in [-0.4, -0.2) is 62.6 Å². The summed E-state index contributed by atoms with van der Waals surface area (Å²) < 4.78 is 56.8. The molecule has 2 fully saturated rings. The van der Waals surface area contributed by atoms with Crippen molar-refractivity contribution in [3.63, 3.8) is 0 Å². The Bertz CT molecular complexity index is 1530. The lowest BCUT2D eigenvalue weighted by molar-refractivity contribution is -0.138. The smallest absolute Gasteiger partial charge is 0.288 e. The number of nitrogens with zero attached hydrogens (tertiary/aromatic N) is 5. The summed E-state index contributed by atoms with van der Waals surface area (Å²) in [6.07, 6.45) is -2.76. The first-order chi connectivity index (χ1) is 18.5. The van der Waals surface area contributed by atoms with E-state index in [1.54, 1.807) is 23.1 Å². The van der Waals surface area contributed by atoms with Gasteiger partial charge in [-0.05, 0) is 59.7 Å². The number of fused-ring (bicyclic) bond motifs is 1. The van der Waals surface area contributed by atoms with Crippen LogP contribution in [0.5, 0.6) is 0 Å². The number of benzene rings is 2. The van der Waals surface area contributed by atoms with E-state index >= 15 is 0 Å². The SMILES string of the molecule is N#CCN1CC[C@@H](N2C(=O)S/C(=C\c3ccc4c(cnn4Cc4ccc(Cl)cc4C(F)(F)F)c3)C2=O)[C@H](F)C1. The minimum absolute atomic E-state index is 0.0132. The fourth-order valence-electron chi connectivity index (χ4n) is 4.84. The highest BCUT2D eigenvalue weighted by Gasteiger charge is 2.45. The van der Waals surface area contributed by atoms with E-state index in [1.807, 2.05) is 6.07 Å². The van der Waals surface area contributed by atoms with Crippen molar-refractivity contribution in [1.29, 1.82) is 5.26 Å². The fraction of sp³-hybridized carbons (Fsp3) is 0.308. The minimum Gasteiger partial charge on any atom is -0.288 e. The zero-order chi connectivity index (χ0) is 27.9. The number of carbonyl (C=O) groups is 2. The van der Waals surface area contributed by atoms with Crippen LogP contribution in [0.1, 0.15) is 23.1 Å². The van der Waals surface area contributed by atoms with Gasteiger partial charge in [0.2, 0.25) is 0 Å². The van der Waals surface area contributed by atoms with Gasteiger partial charge in [0.15, 0.2) is 0 Å². The Hall–Kier alpha value is -3.40. The molecule has 2 aliphatic rings. The number of amides is 2. The third-order valence-electron chi connectivity index (χ3n) is 6.70. The molecule has 0 saturated carbocycles. The monoisotopic (exact) mass is 577 g/mol. The van der Waals surface area contributed by atoms with Crippen molar-refractivity contribution in [3.05, 3.63) is 69.2 Å². The van der Waals surface area contributed by atoms with Crippen molar-refractivity contribution < 1.29 is 27.2 Å². The van der Waals surface area contributed by atoms with E-state index in [4.69, 9.17) is 16.9 Å². The molecule has 0 aliphatic carbocycles. The van der Waals surface area contributed by atoms with E-state index in [2.05, 4.69) is 5.10 Å². The molecule has 202 valence electrons. The number of likely N-dealkylation sites (tertiary alicyclic amines) is 1. The van der Waals surface area contributed by atoms with E-state index in [0.29, 0.717) is 23.0 Å². The van der Waals surface area contributed by atoms with Gasteiger partial charge in [-0.2, -0.15) is 23.5 Å². The first kappa shape index (κ1) is 27.2. The molecule has 0 N–H and O–H groups in total. The number of carbonyl (C=O) groups excluding carboxylic acids is 2. The van der Waals surface area contributed by atoms with E-state index < -0.39 is 35.1 Å². The summed E-state index contributed by atoms with van der Waals surface area (Å²) in [5.74, 6) is -0.579. The van der Waals surface area contributed by atoms with Crippen molar-refractivity contribution in [2.75, 3.05) is 19.6 Å². The van der Waals surface area contributed by atoms with E-state index in [1.165, 1.54) is 29.1 Å². The van der Waals surface area contributed by atoms with Crippen LogP contribution in [0.25, 0.3) is 17.0 Å². The Morgan fingerprint density at radius 3 is 2.72 bits per heavy atom. The highest BCUT2D eigenvalue weighted by atomic mass is 35.5. The summed E-state index contributed by atoms with van der Waals surface area (Å²) in [5, 5.41) is 13.1. The number of alkyl halides is 4. The Morgan fingerprint density at radius 2 is 2.00 bits per heavy atom. The molecule has 0 spiro atoms. The number of halogens is 5. The zero-order valence-corrected chi connectivity index (χ0v) is 21.7. The van der Waals surface area contributed by atoms with E-state index in [-0.39, 0.29) is 41.5 Å². The second-order valence-corrected chi connectivity index (χ2v) is 10.7. The van der Waals surface area contributed by atoms with Crippen LogP contribution in [0.3, 0.4) is 0 Å². The van der Waals surface area contributed by atoms with E-state index in [0.717, 1.165) is 22.7 Å². The van der Waals surface area contributed by atoms with Crippen molar-refractivity contribution in [2.45, 2.75) is 31.4 Å². The summed E-state index contributed by atoms with van der Waals surface area (Å²) in [4.78, 5) is 28.4. The highest BCUT2D eigenvalue weighted by Crippen LogP contribution is 2.37. The molecule has 13 heteroatoms. The molecule has 2 aliphatic heterocycles. The molecule has 0 unspecified atom stereocenters. The van der Waals surface area contributed by atoms with Crippen molar-refractivity contribution in [1.82, 2.24) is 19.6 Å². The number of hydrogen-bond acceptors (Lipinski definition) is 6. The molecule has 2 amide bonds. The molecule has 3 heterocycles. The molecule has 3 aromatic rings. The molecule has 7 nitrogen and oxygen atoms in total. The van der Waals surface area contributed by atoms with Crippen LogP contribution in [0.15, 0.2) is 47.5 Å². The van der Waals surface area contributed by atoms with Gasteiger partial charge in [-0.3, -0.25) is 24.1 Å². The summed E-state index contributed by atoms with van der Waals surface area (Å²) in [7, 11) is 0. The molecular weight excluding hydrogens is 558 g/mol. The Balaban J connectivity index is 1.36. The second kappa shape index (κ2) is 10.6. The second-order valence-electron chi connectivity index (χ2n) is 9.24. The van der Waals surface area contributed by atoms with Crippen LogP contribution in [-0.2, 0) is 17.5 Å². The molecule has 2 saturated heterocycles. The number of thioether (sulfide) groups is 1. The predicted molar refractivity (Wildman–Crippen MR) is 138 cm³/mol. The lowest BCUT2D eigenvalue weighted by Crippen LogP contribution is -2.53. The molecule has 1 aromatic heterocycles. The maximum Gasteiger partial charge on any atom is 0.416 e. The first-order valence-corrected chi connectivity index (χ1v) is 13.1. The average molecular weight is 578 g/mol. The Morgan fingerprint density at radius 1 is 1.21 bits per heavy atom. The Kier molecular flexibility index (Phi) is 7.41. The van der Waals surface area contributed by atoms with Crippen LogP contribution in [0.4, 0.5) is 22.4 Å². The topological polar surface area (TPSA) is 82.2 Å². The fourth-order valence-corrected chi connectivity index (χ4v) is 5.90. The summed E-state index contributed by atoms with van der Waals surface area (Å²) >= 11 is 6.50. The van der Waals surface area contributed by atoms with Gasteiger partial charge < -0.3 is 0 Å². The van der Waals surface area contributed by atoms with Crippen molar-refractivity contribution >= 4 is 51.5 Å². The van der Waals surface area contributed by atoms with Gasteiger partial charge >= 0.3 is 6.18 Å². The van der Waals surface area contributed by atoms with Gasteiger partial charge in [-0.25, -0.2) is 4.39 Å². The quantitative estimate of drug-likeness (QED) is 0.219. The van der Waals surface area contributed by atoms with Gasteiger partial charge in [-0.15, -0.1) is 0 Å². The lowest BCUT2D eigenvalue weighted by atomic mass is 10.0. The number of rotatable bonds is 5.